The van der Waals surface area contributed by atoms with Crippen molar-refractivity contribution in [2.75, 3.05) is 14.2 Å². The number of hydrogen-bond acceptors (Lipinski definition) is 3. The summed E-state index contributed by atoms with van der Waals surface area (Å²) in [7, 11) is 3.06. The van der Waals surface area contributed by atoms with E-state index in [9.17, 15) is 4.79 Å². The summed E-state index contributed by atoms with van der Waals surface area (Å²) >= 11 is 6.08. The standard InChI is InChI=1S/C12H16ClNO3/c1-8(17-12(15)14-2)11(16-3)9-6-4-5-7-10(9)13/h4-8,11H,1-3H3,(H,14,15)/t8-,11+/m0/s1. The van der Waals surface area contributed by atoms with Crippen molar-refractivity contribution in [2.45, 2.75) is 19.1 Å². The van der Waals surface area contributed by atoms with E-state index in [2.05, 4.69) is 5.32 Å². The van der Waals surface area contributed by atoms with Gasteiger partial charge in [-0.25, -0.2) is 4.79 Å². The van der Waals surface area contributed by atoms with Crippen LogP contribution in [0.1, 0.15) is 18.6 Å². The second kappa shape index (κ2) is 6.47. The molecule has 1 aromatic rings. The second-order valence-corrected chi connectivity index (χ2v) is 3.95. The van der Waals surface area contributed by atoms with E-state index in [0.29, 0.717) is 5.02 Å². The molecule has 0 heterocycles. The summed E-state index contributed by atoms with van der Waals surface area (Å²) in [5.74, 6) is 0. The van der Waals surface area contributed by atoms with Gasteiger partial charge in [-0.3, -0.25) is 0 Å². The van der Waals surface area contributed by atoms with Gasteiger partial charge in [0.15, 0.2) is 0 Å². The number of rotatable bonds is 4. The zero-order valence-corrected chi connectivity index (χ0v) is 10.8. The maximum Gasteiger partial charge on any atom is 0.407 e. The first-order valence-corrected chi connectivity index (χ1v) is 5.63. The molecule has 0 spiro atoms. The molecular weight excluding hydrogens is 242 g/mol. The van der Waals surface area contributed by atoms with Crippen LogP contribution in [0, 0.1) is 0 Å². The molecule has 1 aromatic carbocycles. The molecule has 4 nitrogen and oxygen atoms in total. The van der Waals surface area contributed by atoms with E-state index in [1.165, 1.54) is 7.05 Å². The molecule has 0 unspecified atom stereocenters. The number of carbonyl (C=O) groups excluding carboxylic acids is 1. The smallest absolute Gasteiger partial charge is 0.407 e. The zero-order chi connectivity index (χ0) is 12.8. The van der Waals surface area contributed by atoms with E-state index in [0.717, 1.165) is 5.56 Å². The topological polar surface area (TPSA) is 47.6 Å². The number of carbonyl (C=O) groups is 1. The van der Waals surface area contributed by atoms with E-state index in [-0.39, 0.29) is 6.10 Å². The van der Waals surface area contributed by atoms with Gasteiger partial charge in [-0.05, 0) is 13.0 Å². The molecule has 1 N–H and O–H groups in total. The number of nitrogens with one attached hydrogen (secondary N) is 1. The lowest BCUT2D eigenvalue weighted by Crippen LogP contribution is -2.29. The van der Waals surface area contributed by atoms with Crippen LogP contribution >= 0.6 is 11.6 Å². The molecule has 0 fully saturated rings. The Labute approximate surface area is 106 Å². The van der Waals surface area contributed by atoms with E-state index >= 15 is 0 Å². The molecule has 0 aliphatic carbocycles. The third-order valence-corrected chi connectivity index (χ3v) is 2.73. The largest absolute Gasteiger partial charge is 0.443 e. The van der Waals surface area contributed by atoms with Crippen molar-refractivity contribution in [1.82, 2.24) is 5.32 Å². The Morgan fingerprint density at radius 3 is 2.59 bits per heavy atom. The molecule has 0 saturated heterocycles. The first-order chi connectivity index (χ1) is 8.10. The van der Waals surface area contributed by atoms with Crippen LogP contribution in [0.4, 0.5) is 4.79 Å². The fourth-order valence-corrected chi connectivity index (χ4v) is 1.81. The lowest BCUT2D eigenvalue weighted by molar-refractivity contribution is -0.0142. The highest BCUT2D eigenvalue weighted by Crippen LogP contribution is 2.28. The van der Waals surface area contributed by atoms with Crippen LogP contribution in [-0.4, -0.2) is 26.4 Å². The van der Waals surface area contributed by atoms with Crippen LogP contribution in [0.2, 0.25) is 5.02 Å². The van der Waals surface area contributed by atoms with Gasteiger partial charge in [0.1, 0.15) is 12.2 Å². The average Bonchev–Trinajstić information content (AvgIpc) is 2.32. The highest BCUT2D eigenvalue weighted by atomic mass is 35.5. The Hall–Kier alpha value is -1.26. The van der Waals surface area contributed by atoms with Gasteiger partial charge in [0.05, 0.1) is 0 Å². The summed E-state index contributed by atoms with van der Waals surface area (Å²) in [6.07, 6.45) is -1.31. The maximum atomic E-state index is 11.1. The van der Waals surface area contributed by atoms with Crippen molar-refractivity contribution < 1.29 is 14.3 Å². The summed E-state index contributed by atoms with van der Waals surface area (Å²) in [6, 6.07) is 7.32. The Morgan fingerprint density at radius 1 is 1.41 bits per heavy atom. The van der Waals surface area contributed by atoms with E-state index in [4.69, 9.17) is 21.1 Å². The van der Waals surface area contributed by atoms with E-state index < -0.39 is 12.2 Å². The average molecular weight is 258 g/mol. The van der Waals surface area contributed by atoms with E-state index in [1.54, 1.807) is 20.1 Å². The number of amides is 1. The molecule has 17 heavy (non-hydrogen) atoms. The Balaban J connectivity index is 2.84. The lowest BCUT2D eigenvalue weighted by Gasteiger charge is -2.23. The fraction of sp³-hybridized carbons (Fsp3) is 0.417. The summed E-state index contributed by atoms with van der Waals surface area (Å²) in [4.78, 5) is 11.1. The zero-order valence-electron chi connectivity index (χ0n) is 10.1. The summed E-state index contributed by atoms with van der Waals surface area (Å²) in [6.45, 7) is 1.76. The van der Waals surface area contributed by atoms with Gasteiger partial charge in [-0.2, -0.15) is 0 Å². The first-order valence-electron chi connectivity index (χ1n) is 5.25. The SMILES string of the molecule is CNC(=O)O[C@@H](C)[C@@H](OC)c1ccccc1Cl. The second-order valence-electron chi connectivity index (χ2n) is 3.54. The number of alkyl carbamates (subject to hydrolysis) is 1. The summed E-state index contributed by atoms with van der Waals surface area (Å²) < 4.78 is 10.5. The number of benzene rings is 1. The molecule has 94 valence electrons. The molecule has 2 atom stereocenters. The molecule has 0 bridgehead atoms. The van der Waals surface area contributed by atoms with Gasteiger partial charge in [-0.15, -0.1) is 0 Å². The Morgan fingerprint density at radius 2 is 2.06 bits per heavy atom. The predicted molar refractivity (Wildman–Crippen MR) is 66.2 cm³/mol. The highest BCUT2D eigenvalue weighted by molar-refractivity contribution is 6.31. The molecule has 5 heteroatoms. The normalized spacial score (nSPS) is 13.9. The van der Waals surface area contributed by atoms with Crippen LogP contribution in [0.15, 0.2) is 24.3 Å². The van der Waals surface area contributed by atoms with Crippen LogP contribution in [0.25, 0.3) is 0 Å². The monoisotopic (exact) mass is 257 g/mol. The molecule has 0 saturated carbocycles. The number of methoxy groups -OCH3 is 1. The van der Waals surface area contributed by atoms with Gasteiger partial charge in [0.2, 0.25) is 0 Å². The van der Waals surface area contributed by atoms with Crippen molar-refractivity contribution in [3.05, 3.63) is 34.9 Å². The maximum absolute atomic E-state index is 11.1. The molecular formula is C12H16ClNO3. The minimum atomic E-state index is -0.494. The van der Waals surface area contributed by atoms with Crippen molar-refractivity contribution in [1.29, 1.82) is 0 Å². The molecule has 0 aliphatic rings. The van der Waals surface area contributed by atoms with Gasteiger partial charge in [-0.1, -0.05) is 29.8 Å². The third-order valence-electron chi connectivity index (χ3n) is 2.39. The predicted octanol–water partition coefficient (Wildman–Crippen LogP) is 2.77. The van der Waals surface area contributed by atoms with Gasteiger partial charge >= 0.3 is 6.09 Å². The minimum absolute atomic E-state index is 0.388. The molecule has 0 aliphatic heterocycles. The fourth-order valence-electron chi connectivity index (χ4n) is 1.57. The quantitative estimate of drug-likeness (QED) is 0.902. The van der Waals surface area contributed by atoms with Crippen molar-refractivity contribution >= 4 is 17.7 Å². The van der Waals surface area contributed by atoms with Crippen LogP contribution in [-0.2, 0) is 9.47 Å². The van der Waals surface area contributed by atoms with Gasteiger partial charge in [0.25, 0.3) is 0 Å². The van der Waals surface area contributed by atoms with Crippen LogP contribution in [0.3, 0.4) is 0 Å². The molecule has 1 amide bonds. The molecule has 0 aromatic heterocycles. The molecule has 0 radical (unpaired) electrons. The Kier molecular flexibility index (Phi) is 5.25. The van der Waals surface area contributed by atoms with Gasteiger partial charge in [0, 0.05) is 24.7 Å². The number of ether oxygens (including phenoxy) is 2. The number of hydrogen-bond donors (Lipinski definition) is 1. The van der Waals surface area contributed by atoms with Crippen molar-refractivity contribution in [3.8, 4) is 0 Å². The van der Waals surface area contributed by atoms with Crippen LogP contribution < -0.4 is 5.32 Å². The van der Waals surface area contributed by atoms with Gasteiger partial charge < -0.3 is 14.8 Å². The van der Waals surface area contributed by atoms with Crippen LogP contribution in [0.5, 0.6) is 0 Å². The first kappa shape index (κ1) is 13.8. The highest BCUT2D eigenvalue weighted by Gasteiger charge is 2.23. The summed E-state index contributed by atoms with van der Waals surface area (Å²) in [5.41, 5.74) is 0.799. The third kappa shape index (κ3) is 3.61. The Bertz CT molecular complexity index is 384. The summed E-state index contributed by atoms with van der Waals surface area (Å²) in [5, 5.41) is 2.98. The lowest BCUT2D eigenvalue weighted by atomic mass is 10.1. The number of halogens is 1. The van der Waals surface area contributed by atoms with E-state index in [1.807, 2.05) is 18.2 Å². The minimum Gasteiger partial charge on any atom is -0.443 e. The van der Waals surface area contributed by atoms with Crippen molar-refractivity contribution in [2.24, 2.45) is 0 Å². The van der Waals surface area contributed by atoms with Crippen molar-refractivity contribution in [3.63, 3.8) is 0 Å². The molecule has 1 rings (SSSR count).